The molecule has 38 heavy (non-hydrogen) atoms. The van der Waals surface area contributed by atoms with E-state index in [0.717, 1.165) is 38.7 Å². The van der Waals surface area contributed by atoms with Gasteiger partial charge >= 0.3 is 0 Å². The molecule has 0 unspecified atom stereocenters. The number of aromatic hydroxyl groups is 2. The van der Waals surface area contributed by atoms with E-state index in [2.05, 4.69) is 26.1 Å². The van der Waals surface area contributed by atoms with Crippen LogP contribution < -0.4 is 10.1 Å². The van der Waals surface area contributed by atoms with Gasteiger partial charge in [-0.1, -0.05) is 13.3 Å². The summed E-state index contributed by atoms with van der Waals surface area (Å²) in [6, 6.07) is 0. The molecule has 0 amide bonds. The van der Waals surface area contributed by atoms with Crippen molar-refractivity contribution in [2.75, 3.05) is 13.2 Å². The van der Waals surface area contributed by atoms with E-state index in [4.69, 9.17) is 9.47 Å². The Labute approximate surface area is 224 Å². The fourth-order valence-electron chi connectivity index (χ4n) is 6.63. The second-order valence-corrected chi connectivity index (χ2v) is 11.8. The van der Waals surface area contributed by atoms with E-state index in [1.54, 1.807) is 13.8 Å². The zero-order valence-corrected chi connectivity index (χ0v) is 23.5. The molecule has 1 saturated heterocycles. The molecule has 0 spiro atoms. The van der Waals surface area contributed by atoms with Gasteiger partial charge in [0.2, 0.25) is 0 Å². The lowest BCUT2D eigenvalue weighted by Crippen LogP contribution is -2.43. The van der Waals surface area contributed by atoms with Gasteiger partial charge in [-0.3, -0.25) is 14.4 Å². The zero-order chi connectivity index (χ0) is 28.2. The van der Waals surface area contributed by atoms with Crippen LogP contribution in [0.5, 0.6) is 17.2 Å². The van der Waals surface area contributed by atoms with Crippen molar-refractivity contribution in [2.45, 2.75) is 91.6 Å². The van der Waals surface area contributed by atoms with Gasteiger partial charge in [0.1, 0.15) is 34.0 Å². The van der Waals surface area contributed by atoms with Gasteiger partial charge in [0, 0.05) is 30.5 Å². The molecule has 3 aliphatic rings. The van der Waals surface area contributed by atoms with E-state index in [1.807, 2.05) is 0 Å². The summed E-state index contributed by atoms with van der Waals surface area (Å²) in [5.41, 5.74) is -1.06. The van der Waals surface area contributed by atoms with Crippen LogP contribution in [0, 0.1) is 12.3 Å². The first-order valence-electron chi connectivity index (χ1n) is 13.4. The number of nitrogens with one attached hydrogen (secondary N) is 1. The fourth-order valence-corrected chi connectivity index (χ4v) is 6.63. The van der Waals surface area contributed by atoms with Crippen molar-refractivity contribution in [3.63, 3.8) is 0 Å². The first-order chi connectivity index (χ1) is 17.7. The number of phenolic OH excluding ortho intramolecular Hbond substituents is 2. The van der Waals surface area contributed by atoms with Crippen molar-refractivity contribution >= 4 is 17.3 Å². The minimum absolute atomic E-state index is 0.000878. The summed E-state index contributed by atoms with van der Waals surface area (Å²) in [4.78, 5) is 39.5. The van der Waals surface area contributed by atoms with Crippen LogP contribution in [0.25, 0.3) is 0 Å². The summed E-state index contributed by atoms with van der Waals surface area (Å²) in [6.45, 7) is 13.8. The van der Waals surface area contributed by atoms with Crippen LogP contribution in [-0.2, 0) is 19.7 Å². The molecule has 2 atom stereocenters. The molecule has 0 saturated carbocycles. The van der Waals surface area contributed by atoms with Crippen molar-refractivity contribution in [3.05, 3.63) is 39.8 Å². The van der Waals surface area contributed by atoms with E-state index >= 15 is 0 Å². The summed E-state index contributed by atoms with van der Waals surface area (Å²) in [5, 5.41) is 24.8. The molecule has 4 rings (SSSR count). The zero-order valence-electron chi connectivity index (χ0n) is 23.5. The summed E-state index contributed by atoms with van der Waals surface area (Å²) in [6.07, 6.45) is 6.20. The van der Waals surface area contributed by atoms with Gasteiger partial charge in [0.25, 0.3) is 0 Å². The third-order valence-electron chi connectivity index (χ3n) is 8.51. The van der Waals surface area contributed by atoms with Gasteiger partial charge in [-0.2, -0.15) is 0 Å². The van der Waals surface area contributed by atoms with Crippen LogP contribution in [0.4, 0.5) is 0 Å². The van der Waals surface area contributed by atoms with Gasteiger partial charge in [0.05, 0.1) is 16.7 Å². The van der Waals surface area contributed by atoms with Crippen LogP contribution >= 0.6 is 0 Å². The van der Waals surface area contributed by atoms with E-state index < -0.39 is 28.5 Å². The fraction of sp³-hybridized carbons (Fsp3) is 0.567. The maximum Gasteiger partial charge on any atom is 0.194 e. The van der Waals surface area contributed by atoms with Crippen LogP contribution in [0.1, 0.15) is 95.1 Å². The summed E-state index contributed by atoms with van der Waals surface area (Å²) in [7, 11) is 0. The van der Waals surface area contributed by atoms with Crippen molar-refractivity contribution in [1.29, 1.82) is 0 Å². The Morgan fingerprint density at radius 3 is 2.39 bits per heavy atom. The van der Waals surface area contributed by atoms with Crippen LogP contribution in [0.2, 0.25) is 0 Å². The summed E-state index contributed by atoms with van der Waals surface area (Å²) < 4.78 is 11.8. The molecule has 1 aromatic rings. The average Bonchev–Trinajstić information content (AvgIpc) is 3.10. The van der Waals surface area contributed by atoms with Crippen molar-refractivity contribution in [3.8, 4) is 17.2 Å². The Morgan fingerprint density at radius 2 is 1.79 bits per heavy atom. The second kappa shape index (κ2) is 9.56. The minimum Gasteiger partial charge on any atom is -0.507 e. The molecule has 3 N–H and O–H groups in total. The Kier molecular flexibility index (Phi) is 7.02. The quantitative estimate of drug-likeness (QED) is 0.260. The van der Waals surface area contributed by atoms with Gasteiger partial charge in [0.15, 0.2) is 17.3 Å². The van der Waals surface area contributed by atoms with Crippen LogP contribution in [-0.4, -0.2) is 46.3 Å². The first-order valence-corrected chi connectivity index (χ1v) is 13.4. The molecule has 206 valence electrons. The highest BCUT2D eigenvalue weighted by atomic mass is 16.5. The van der Waals surface area contributed by atoms with E-state index in [9.17, 15) is 24.6 Å². The normalized spacial score (nSPS) is 27.3. The predicted molar refractivity (Wildman–Crippen MR) is 143 cm³/mol. The third-order valence-corrected chi connectivity index (χ3v) is 8.51. The third kappa shape index (κ3) is 4.32. The summed E-state index contributed by atoms with van der Waals surface area (Å²) in [5.74, 6) is -2.27. The monoisotopic (exact) mass is 525 g/mol. The van der Waals surface area contributed by atoms with E-state index in [1.165, 1.54) is 19.9 Å². The largest absolute Gasteiger partial charge is 0.507 e. The number of carbonyl (C=O) groups excluding carboxylic acids is 3. The van der Waals surface area contributed by atoms with E-state index in [-0.39, 0.29) is 50.5 Å². The molecular weight excluding hydrogens is 486 g/mol. The summed E-state index contributed by atoms with van der Waals surface area (Å²) >= 11 is 0. The minimum atomic E-state index is -1.51. The highest BCUT2D eigenvalue weighted by Gasteiger charge is 2.56. The number of hydrogen-bond donors (Lipinski definition) is 3. The Balaban J connectivity index is 1.67. The lowest BCUT2D eigenvalue weighted by atomic mass is 9.69. The number of benzene rings is 1. The van der Waals surface area contributed by atoms with E-state index in [0.29, 0.717) is 12.2 Å². The number of phenols is 2. The number of hydrogen-bond acceptors (Lipinski definition) is 8. The van der Waals surface area contributed by atoms with Crippen molar-refractivity contribution in [1.82, 2.24) is 5.32 Å². The molecule has 2 heterocycles. The number of ketones is 3. The SMILES string of the molecule is CCC[C@@]1(CCN/C(C)=C2\C(=O)C=C3Oc4c(C(C)=O)c(O)c(C)c(O)c4[C@@]3(C)C2=O)CCOC(C)(C)C1. The molecule has 0 aromatic heterocycles. The lowest BCUT2D eigenvalue weighted by molar-refractivity contribution is -0.123. The average molecular weight is 526 g/mol. The maximum absolute atomic E-state index is 14.0. The predicted octanol–water partition coefficient (Wildman–Crippen LogP) is 4.92. The molecule has 1 aromatic carbocycles. The molecule has 0 bridgehead atoms. The van der Waals surface area contributed by atoms with Gasteiger partial charge in [-0.25, -0.2) is 0 Å². The molecule has 8 nitrogen and oxygen atoms in total. The van der Waals surface area contributed by atoms with Crippen molar-refractivity contribution < 1.29 is 34.1 Å². The van der Waals surface area contributed by atoms with Gasteiger partial charge in [-0.05, 0) is 72.6 Å². The maximum atomic E-state index is 14.0. The Morgan fingerprint density at radius 1 is 1.11 bits per heavy atom. The molecule has 1 aliphatic carbocycles. The highest BCUT2D eigenvalue weighted by molar-refractivity contribution is 6.31. The molecule has 2 aliphatic heterocycles. The molecular formula is C30H39NO7. The first kappa shape index (κ1) is 27.9. The standard InChI is InChI=1S/C30H39NO7/c1-8-9-30(11-13-37-28(5,6)15-30)10-12-31-17(3)21-19(33)14-20-29(7,27(21)36)23-25(35)16(2)24(34)22(18(4)32)26(23)38-20/h14,31,34-35H,8-13,15H2,1-7H3/b21-17+/t29-,30+/m0/s1. The molecule has 0 radical (unpaired) electrons. The topological polar surface area (TPSA) is 122 Å². The van der Waals surface area contributed by atoms with Crippen LogP contribution in [0.3, 0.4) is 0 Å². The highest BCUT2D eigenvalue weighted by Crippen LogP contribution is 2.57. The van der Waals surface area contributed by atoms with Gasteiger partial charge in [-0.15, -0.1) is 0 Å². The lowest BCUT2D eigenvalue weighted by Gasteiger charge is -2.45. The number of fused-ring (bicyclic) bond motifs is 3. The molecule has 1 fully saturated rings. The second-order valence-electron chi connectivity index (χ2n) is 11.8. The molecule has 8 heteroatoms. The van der Waals surface area contributed by atoms with Crippen molar-refractivity contribution in [2.24, 2.45) is 5.41 Å². The number of allylic oxidation sites excluding steroid dienone is 4. The number of carbonyl (C=O) groups is 3. The smallest absolute Gasteiger partial charge is 0.194 e. The number of rotatable bonds is 7. The Hall–Kier alpha value is -3.13. The Bertz CT molecular complexity index is 1280. The number of Topliss-reactive ketones (excluding diaryl/α,β-unsaturated/α-hetero) is 2. The van der Waals surface area contributed by atoms with Gasteiger partial charge < -0.3 is 25.0 Å². The van der Waals surface area contributed by atoms with Crippen LogP contribution in [0.15, 0.2) is 23.1 Å². The number of ether oxygens (including phenoxy) is 2.